The number of benzene rings is 2. The molecular weight excluding hydrogens is 372 g/mol. The number of carbonyl (C=O) groups is 2. The minimum Gasteiger partial charge on any atom is -0.267 e. The molecule has 0 atom stereocenters. The van der Waals surface area contributed by atoms with Crippen LogP contribution in [-0.4, -0.2) is 22.4 Å². The summed E-state index contributed by atoms with van der Waals surface area (Å²) in [4.78, 5) is 25.8. The smallest absolute Gasteiger partial charge is 0.267 e. The molecule has 0 aromatic heterocycles. The van der Waals surface area contributed by atoms with Crippen molar-refractivity contribution in [3.8, 4) is 0 Å². The van der Waals surface area contributed by atoms with Gasteiger partial charge in [0.25, 0.3) is 11.8 Å². The molecule has 0 radical (unpaired) electrons. The molecule has 0 fully saturated rings. The molecule has 4 nitrogen and oxygen atoms in total. The van der Waals surface area contributed by atoms with E-state index in [1.165, 1.54) is 23.4 Å². The lowest BCUT2D eigenvalue weighted by molar-refractivity contribution is 0.0359. The van der Waals surface area contributed by atoms with Crippen molar-refractivity contribution in [1.29, 1.82) is 0 Å². The highest BCUT2D eigenvalue weighted by molar-refractivity contribution is 6.33. The van der Waals surface area contributed by atoms with E-state index in [2.05, 4.69) is 12.3 Å². The minimum absolute atomic E-state index is 0.324. The fraction of sp³-hybridized carbons (Fsp3) is 0.391. The number of hydrogen-bond donors (Lipinski definition) is 1. The molecule has 0 spiro atoms. The summed E-state index contributed by atoms with van der Waals surface area (Å²) in [5, 5.41) is 1.69. The summed E-state index contributed by atoms with van der Waals surface area (Å²) < 4.78 is 0. The average molecular weight is 401 g/mol. The Hall–Kier alpha value is -2.33. The number of hydrazine groups is 1. The molecule has 0 aliphatic carbocycles. The molecule has 2 aromatic rings. The van der Waals surface area contributed by atoms with Gasteiger partial charge in [0.1, 0.15) is 0 Å². The zero-order valence-electron chi connectivity index (χ0n) is 17.1. The van der Waals surface area contributed by atoms with Crippen LogP contribution in [0.3, 0.4) is 0 Å². The van der Waals surface area contributed by atoms with Crippen LogP contribution in [0.2, 0.25) is 5.02 Å². The molecule has 0 saturated heterocycles. The third kappa shape index (κ3) is 5.83. The minimum atomic E-state index is -0.619. The van der Waals surface area contributed by atoms with Crippen LogP contribution in [0.25, 0.3) is 0 Å². The van der Waals surface area contributed by atoms with Crippen molar-refractivity contribution in [2.75, 3.05) is 0 Å². The Balaban J connectivity index is 2.15. The third-order valence-electron chi connectivity index (χ3n) is 4.48. The van der Waals surface area contributed by atoms with Crippen LogP contribution < -0.4 is 5.43 Å². The van der Waals surface area contributed by atoms with Crippen LogP contribution in [0.15, 0.2) is 48.5 Å². The van der Waals surface area contributed by atoms with Crippen LogP contribution in [0.4, 0.5) is 0 Å². The maximum atomic E-state index is 13.0. The van der Waals surface area contributed by atoms with Crippen LogP contribution in [0.1, 0.15) is 73.2 Å². The Labute approximate surface area is 172 Å². The molecule has 2 amide bonds. The number of rotatable bonds is 6. The lowest BCUT2D eigenvalue weighted by Gasteiger charge is -2.35. The van der Waals surface area contributed by atoms with Crippen LogP contribution in [0, 0.1) is 0 Å². The van der Waals surface area contributed by atoms with Crippen LogP contribution in [0.5, 0.6) is 0 Å². The Morgan fingerprint density at radius 1 is 1.00 bits per heavy atom. The van der Waals surface area contributed by atoms with E-state index < -0.39 is 5.54 Å². The topological polar surface area (TPSA) is 49.4 Å². The second-order valence-corrected chi connectivity index (χ2v) is 8.29. The summed E-state index contributed by atoms with van der Waals surface area (Å²) in [6.45, 7) is 7.76. The summed E-state index contributed by atoms with van der Waals surface area (Å²) in [6, 6.07) is 14.4. The molecule has 0 saturated carbocycles. The van der Waals surface area contributed by atoms with Crippen molar-refractivity contribution in [3.63, 3.8) is 0 Å². The SMILES string of the molecule is CCCCCc1ccc(C(=O)NN(C(=O)c2ccccc2Cl)C(C)(C)C)cc1. The third-order valence-corrected chi connectivity index (χ3v) is 4.81. The van der Waals surface area contributed by atoms with Gasteiger partial charge in [-0.1, -0.05) is 55.6 Å². The van der Waals surface area contributed by atoms with Gasteiger partial charge in [0, 0.05) is 5.56 Å². The molecule has 0 aliphatic rings. The Bertz CT molecular complexity index is 810. The van der Waals surface area contributed by atoms with E-state index in [0.717, 1.165) is 12.8 Å². The van der Waals surface area contributed by atoms with Gasteiger partial charge in [0.15, 0.2) is 0 Å². The first-order valence-corrected chi connectivity index (χ1v) is 10.1. The van der Waals surface area contributed by atoms with Crippen molar-refractivity contribution in [2.45, 2.75) is 58.9 Å². The summed E-state index contributed by atoms with van der Waals surface area (Å²) in [6.07, 6.45) is 4.54. The second-order valence-electron chi connectivity index (χ2n) is 7.89. The van der Waals surface area contributed by atoms with Crippen molar-refractivity contribution in [2.24, 2.45) is 0 Å². The molecule has 2 rings (SSSR count). The molecular formula is C23H29ClN2O2. The number of carbonyl (C=O) groups excluding carboxylic acids is 2. The average Bonchev–Trinajstić information content (AvgIpc) is 2.65. The summed E-state index contributed by atoms with van der Waals surface area (Å²) in [5.41, 5.74) is 4.22. The van der Waals surface area contributed by atoms with Gasteiger partial charge in [-0.15, -0.1) is 0 Å². The largest absolute Gasteiger partial charge is 0.274 e. The van der Waals surface area contributed by atoms with Gasteiger partial charge in [0.05, 0.1) is 16.1 Å². The molecule has 0 heterocycles. The first-order chi connectivity index (χ1) is 13.2. The zero-order valence-corrected chi connectivity index (χ0v) is 17.8. The van der Waals surface area contributed by atoms with Crippen LogP contribution >= 0.6 is 11.6 Å². The number of nitrogens with one attached hydrogen (secondary N) is 1. The predicted octanol–water partition coefficient (Wildman–Crippen LogP) is 5.66. The summed E-state index contributed by atoms with van der Waals surface area (Å²) >= 11 is 6.18. The molecule has 28 heavy (non-hydrogen) atoms. The maximum Gasteiger partial charge on any atom is 0.274 e. The highest BCUT2D eigenvalue weighted by atomic mass is 35.5. The molecule has 2 aromatic carbocycles. The molecule has 0 aliphatic heterocycles. The van der Waals surface area contributed by atoms with E-state index in [0.29, 0.717) is 16.1 Å². The molecule has 150 valence electrons. The van der Waals surface area contributed by atoms with E-state index >= 15 is 0 Å². The molecule has 0 bridgehead atoms. The van der Waals surface area contributed by atoms with Gasteiger partial charge in [0.2, 0.25) is 0 Å². The Morgan fingerprint density at radius 3 is 2.21 bits per heavy atom. The van der Waals surface area contributed by atoms with Crippen molar-refractivity contribution in [3.05, 3.63) is 70.2 Å². The number of amides is 2. The standard InChI is InChI=1S/C23H29ClN2O2/c1-5-6-7-10-17-13-15-18(16-14-17)21(27)25-26(23(2,3)4)22(28)19-11-8-9-12-20(19)24/h8-9,11-16H,5-7,10H2,1-4H3,(H,25,27). The lowest BCUT2D eigenvalue weighted by Crippen LogP contribution is -2.55. The normalized spacial score (nSPS) is 11.2. The molecule has 0 unspecified atom stereocenters. The predicted molar refractivity (Wildman–Crippen MR) is 115 cm³/mol. The Morgan fingerprint density at radius 2 is 1.64 bits per heavy atom. The summed E-state index contributed by atoms with van der Waals surface area (Å²) in [7, 11) is 0. The van der Waals surface area contributed by atoms with Crippen molar-refractivity contribution >= 4 is 23.4 Å². The highest BCUT2D eigenvalue weighted by Crippen LogP contribution is 2.21. The van der Waals surface area contributed by atoms with Crippen LogP contribution in [-0.2, 0) is 6.42 Å². The van der Waals surface area contributed by atoms with Crippen molar-refractivity contribution in [1.82, 2.24) is 10.4 Å². The van der Waals surface area contributed by atoms with Gasteiger partial charge in [-0.2, -0.15) is 0 Å². The maximum absolute atomic E-state index is 13.0. The monoisotopic (exact) mass is 400 g/mol. The van der Waals surface area contributed by atoms with Gasteiger partial charge >= 0.3 is 0 Å². The number of unbranched alkanes of at least 4 members (excludes halogenated alkanes) is 2. The molecule has 1 N–H and O–H groups in total. The first-order valence-electron chi connectivity index (χ1n) is 9.73. The highest BCUT2D eigenvalue weighted by Gasteiger charge is 2.30. The second kappa shape index (κ2) is 9.74. The fourth-order valence-corrected chi connectivity index (χ4v) is 3.06. The van der Waals surface area contributed by atoms with Gasteiger partial charge in [-0.05, 0) is 63.4 Å². The first kappa shape index (κ1) is 22.0. The van der Waals surface area contributed by atoms with E-state index in [9.17, 15) is 9.59 Å². The van der Waals surface area contributed by atoms with E-state index in [1.54, 1.807) is 36.4 Å². The van der Waals surface area contributed by atoms with E-state index in [-0.39, 0.29) is 11.8 Å². The number of hydrogen-bond acceptors (Lipinski definition) is 2. The van der Waals surface area contributed by atoms with E-state index in [4.69, 9.17) is 11.6 Å². The Kier molecular flexibility index (Phi) is 7.64. The summed E-state index contributed by atoms with van der Waals surface area (Å²) in [5.74, 6) is -0.668. The van der Waals surface area contributed by atoms with Crippen molar-refractivity contribution < 1.29 is 9.59 Å². The number of aryl methyl sites for hydroxylation is 1. The van der Waals surface area contributed by atoms with Gasteiger partial charge in [-0.3, -0.25) is 15.0 Å². The molecule has 5 heteroatoms. The van der Waals surface area contributed by atoms with Gasteiger partial charge in [-0.25, -0.2) is 5.01 Å². The number of nitrogens with zero attached hydrogens (tertiary/aromatic N) is 1. The van der Waals surface area contributed by atoms with Gasteiger partial charge < -0.3 is 0 Å². The van der Waals surface area contributed by atoms with E-state index in [1.807, 2.05) is 32.9 Å². The fourth-order valence-electron chi connectivity index (χ4n) is 2.85. The lowest BCUT2D eigenvalue weighted by atomic mass is 10.0. The zero-order chi connectivity index (χ0) is 20.7. The quantitative estimate of drug-likeness (QED) is 0.502. The number of halogens is 1.